The van der Waals surface area contributed by atoms with E-state index in [2.05, 4.69) is 24.4 Å². The molecule has 0 saturated carbocycles. The van der Waals surface area contributed by atoms with Crippen molar-refractivity contribution in [3.63, 3.8) is 0 Å². The van der Waals surface area contributed by atoms with Gasteiger partial charge in [0, 0.05) is 0 Å². The number of rotatable bonds is 25. The van der Waals surface area contributed by atoms with Crippen LogP contribution in [0.3, 0.4) is 0 Å². The molecule has 0 aromatic rings. The third-order valence-electron chi connectivity index (χ3n) is 8.07. The normalized spacial score (nSPS) is 25.5. The van der Waals surface area contributed by atoms with Crippen molar-refractivity contribution < 1.29 is 50.0 Å². The zero-order valence-corrected chi connectivity index (χ0v) is 26.4. The minimum absolute atomic E-state index is 0.251. The van der Waals surface area contributed by atoms with Gasteiger partial charge in [0.1, 0.15) is 36.6 Å². The molecule has 1 fully saturated rings. The first kappa shape index (κ1) is 39.9. The fourth-order valence-electron chi connectivity index (χ4n) is 5.12. The van der Waals surface area contributed by atoms with Crippen molar-refractivity contribution in [3.05, 3.63) is 12.2 Å². The summed E-state index contributed by atoms with van der Waals surface area (Å²) in [6.07, 6.45) is 8.52. The lowest BCUT2D eigenvalue weighted by atomic mass is 9.99. The maximum Gasteiger partial charge on any atom is 0.249 e. The predicted octanol–water partition coefficient (Wildman–Crippen LogP) is 2.21. The van der Waals surface area contributed by atoms with Crippen molar-refractivity contribution in [2.75, 3.05) is 13.2 Å². The molecule has 1 amide bonds. The number of amides is 1. The molecule has 1 aliphatic heterocycles. The summed E-state index contributed by atoms with van der Waals surface area (Å²) in [5.74, 6) is -0.717. The monoisotopic (exact) mass is 619 g/mol. The number of hydrogen-bond acceptors (Lipinski definition) is 10. The average Bonchev–Trinajstić information content (AvgIpc) is 3.00. The molecule has 0 aromatic carbocycles. The van der Waals surface area contributed by atoms with Gasteiger partial charge in [-0.1, -0.05) is 90.2 Å². The molecule has 11 nitrogen and oxygen atoms in total. The summed E-state index contributed by atoms with van der Waals surface area (Å²) in [6.45, 7) is 3.09. The Morgan fingerprint density at radius 3 is 1.98 bits per heavy atom. The molecule has 11 heteroatoms. The number of carbonyl (C=O) groups excluding carboxylic acids is 1. The van der Waals surface area contributed by atoms with Crippen LogP contribution in [-0.2, 0) is 14.3 Å². The first-order valence-corrected chi connectivity index (χ1v) is 16.6. The minimum atomic E-state index is -1.65. The summed E-state index contributed by atoms with van der Waals surface area (Å²) in [4.78, 5) is 12.8. The van der Waals surface area contributed by atoms with E-state index in [1.165, 1.54) is 32.1 Å². The highest BCUT2D eigenvalue weighted by Gasteiger charge is 2.44. The van der Waals surface area contributed by atoms with Crippen molar-refractivity contribution in [2.45, 2.75) is 172 Å². The molecule has 1 heterocycles. The Labute approximate surface area is 258 Å². The van der Waals surface area contributed by atoms with Crippen LogP contribution >= 0.6 is 0 Å². The molecular formula is C32H61NO10. The molecule has 254 valence electrons. The van der Waals surface area contributed by atoms with E-state index >= 15 is 0 Å². The summed E-state index contributed by atoms with van der Waals surface area (Å²) < 4.78 is 10.9. The maximum absolute atomic E-state index is 12.8. The van der Waals surface area contributed by atoms with E-state index in [-0.39, 0.29) is 12.8 Å². The van der Waals surface area contributed by atoms with Crippen LogP contribution in [0.5, 0.6) is 0 Å². The Kier molecular flexibility index (Phi) is 22.4. The summed E-state index contributed by atoms with van der Waals surface area (Å²) in [7, 11) is 0. The SMILES string of the molecule is CCCCCC/C=C\CCCCCCCCC(O)C(=O)NC(COC1OC(CO)C(O)C(O)C1O)C(O)C(O)CCCC. The van der Waals surface area contributed by atoms with E-state index in [1.807, 2.05) is 6.92 Å². The third kappa shape index (κ3) is 16.1. The van der Waals surface area contributed by atoms with Crippen LogP contribution < -0.4 is 5.32 Å². The number of aliphatic hydroxyl groups excluding tert-OH is 7. The Balaban J connectivity index is 2.46. The topological polar surface area (TPSA) is 189 Å². The van der Waals surface area contributed by atoms with E-state index in [0.717, 1.165) is 44.9 Å². The van der Waals surface area contributed by atoms with Gasteiger partial charge in [-0.25, -0.2) is 0 Å². The van der Waals surface area contributed by atoms with Gasteiger partial charge in [-0.15, -0.1) is 0 Å². The fourth-order valence-corrected chi connectivity index (χ4v) is 5.12. The van der Waals surface area contributed by atoms with Gasteiger partial charge in [0.15, 0.2) is 6.29 Å². The number of unbranched alkanes of at least 4 members (excludes halogenated alkanes) is 11. The Hall–Kier alpha value is -1.15. The molecule has 9 atom stereocenters. The Morgan fingerprint density at radius 1 is 0.791 bits per heavy atom. The number of nitrogens with one attached hydrogen (secondary N) is 1. The van der Waals surface area contributed by atoms with Gasteiger partial charge in [0.05, 0.1) is 25.4 Å². The first-order valence-electron chi connectivity index (χ1n) is 16.6. The van der Waals surface area contributed by atoms with Gasteiger partial charge in [-0.2, -0.15) is 0 Å². The molecular weight excluding hydrogens is 558 g/mol. The smallest absolute Gasteiger partial charge is 0.249 e. The van der Waals surface area contributed by atoms with Crippen molar-refractivity contribution in [1.82, 2.24) is 5.32 Å². The second kappa shape index (κ2) is 24.1. The number of aliphatic hydroxyl groups is 7. The van der Waals surface area contributed by atoms with Crippen LogP contribution in [0.25, 0.3) is 0 Å². The highest BCUT2D eigenvalue weighted by atomic mass is 16.7. The van der Waals surface area contributed by atoms with Crippen LogP contribution in [0, 0.1) is 0 Å². The second-order valence-corrected chi connectivity index (χ2v) is 11.9. The molecule has 0 aromatic heterocycles. The lowest BCUT2D eigenvalue weighted by molar-refractivity contribution is -0.303. The van der Waals surface area contributed by atoms with Crippen molar-refractivity contribution in [3.8, 4) is 0 Å². The maximum atomic E-state index is 12.8. The molecule has 0 spiro atoms. The lowest BCUT2D eigenvalue weighted by Crippen LogP contribution is -2.60. The Morgan fingerprint density at radius 2 is 1.37 bits per heavy atom. The van der Waals surface area contributed by atoms with Crippen LogP contribution in [-0.4, -0.2) is 110 Å². The van der Waals surface area contributed by atoms with E-state index in [9.17, 15) is 40.5 Å². The third-order valence-corrected chi connectivity index (χ3v) is 8.07. The quantitative estimate of drug-likeness (QED) is 0.0556. The number of carbonyl (C=O) groups is 1. The first-order chi connectivity index (χ1) is 20.7. The minimum Gasteiger partial charge on any atom is -0.394 e. The van der Waals surface area contributed by atoms with Crippen LogP contribution in [0.1, 0.15) is 117 Å². The van der Waals surface area contributed by atoms with E-state index in [1.54, 1.807) is 0 Å². The highest BCUT2D eigenvalue weighted by Crippen LogP contribution is 2.23. The number of ether oxygens (including phenoxy) is 2. The van der Waals surface area contributed by atoms with Gasteiger partial charge in [-0.05, 0) is 38.5 Å². The van der Waals surface area contributed by atoms with Crippen molar-refractivity contribution in [2.24, 2.45) is 0 Å². The highest BCUT2D eigenvalue weighted by molar-refractivity contribution is 5.80. The molecule has 0 aliphatic carbocycles. The Bertz CT molecular complexity index is 724. The molecule has 9 unspecified atom stereocenters. The number of hydrogen-bond donors (Lipinski definition) is 8. The fraction of sp³-hybridized carbons (Fsp3) is 0.906. The largest absolute Gasteiger partial charge is 0.394 e. The van der Waals surface area contributed by atoms with Crippen LogP contribution in [0.15, 0.2) is 12.2 Å². The van der Waals surface area contributed by atoms with E-state index in [4.69, 9.17) is 9.47 Å². The zero-order valence-electron chi connectivity index (χ0n) is 26.4. The molecule has 43 heavy (non-hydrogen) atoms. The predicted molar refractivity (Wildman–Crippen MR) is 164 cm³/mol. The van der Waals surface area contributed by atoms with Gasteiger partial charge in [-0.3, -0.25) is 4.79 Å². The van der Waals surface area contributed by atoms with Gasteiger partial charge in [0.2, 0.25) is 5.91 Å². The average molecular weight is 620 g/mol. The molecule has 8 N–H and O–H groups in total. The zero-order chi connectivity index (χ0) is 32.0. The van der Waals surface area contributed by atoms with Gasteiger partial charge in [0.25, 0.3) is 0 Å². The van der Waals surface area contributed by atoms with Crippen molar-refractivity contribution in [1.29, 1.82) is 0 Å². The second-order valence-electron chi connectivity index (χ2n) is 11.9. The number of allylic oxidation sites excluding steroid dienone is 2. The van der Waals surface area contributed by atoms with E-state index in [0.29, 0.717) is 12.8 Å². The standard InChI is InChI=1S/C32H61NO10/c1-3-5-7-8-9-10-11-12-13-14-15-16-17-18-20-25(36)31(41)33-23(27(37)24(35)19-6-4-2)22-42-32-30(40)29(39)28(38)26(21-34)43-32/h10-11,23-30,32,34-40H,3-9,12-22H2,1-2H3,(H,33,41)/b11-10-. The van der Waals surface area contributed by atoms with Gasteiger partial charge >= 0.3 is 0 Å². The molecule has 0 radical (unpaired) electrons. The van der Waals surface area contributed by atoms with Gasteiger partial charge < -0.3 is 50.5 Å². The van der Waals surface area contributed by atoms with Crippen LogP contribution in [0.2, 0.25) is 0 Å². The molecule has 1 rings (SSSR count). The summed E-state index contributed by atoms with van der Waals surface area (Å²) in [6, 6.07) is -1.16. The van der Waals surface area contributed by atoms with Crippen LogP contribution in [0.4, 0.5) is 0 Å². The molecule has 1 aliphatic rings. The van der Waals surface area contributed by atoms with Crippen molar-refractivity contribution >= 4 is 5.91 Å². The van der Waals surface area contributed by atoms with E-state index < -0.39 is 74.2 Å². The summed E-state index contributed by atoms with van der Waals surface area (Å²) in [5, 5.41) is 73.8. The summed E-state index contributed by atoms with van der Waals surface area (Å²) in [5.41, 5.74) is 0. The summed E-state index contributed by atoms with van der Waals surface area (Å²) >= 11 is 0. The molecule has 0 bridgehead atoms. The molecule has 1 saturated heterocycles. The lowest BCUT2D eigenvalue weighted by Gasteiger charge is -2.40.